The number of hydrogen-bond donors (Lipinski definition) is 0. The first-order chi connectivity index (χ1) is 8.83. The van der Waals surface area contributed by atoms with Crippen molar-refractivity contribution >= 4 is 12.3 Å². The summed E-state index contributed by atoms with van der Waals surface area (Å²) in [6.45, 7) is 8.66. The monoisotopic (exact) mass is 266 g/mol. The van der Waals surface area contributed by atoms with Crippen LogP contribution in [0.1, 0.15) is 47.0 Å². The highest BCUT2D eigenvalue weighted by atomic mass is 16.8. The van der Waals surface area contributed by atoms with Crippen LogP contribution in [-0.2, 0) is 19.1 Å². The van der Waals surface area contributed by atoms with E-state index in [-0.39, 0.29) is 29.1 Å². The van der Waals surface area contributed by atoms with Gasteiger partial charge >= 0.3 is 5.97 Å². The topological polar surface area (TPSA) is 52.6 Å². The fraction of sp³-hybridized carbons (Fsp3) is 0.867. The smallest absolute Gasteiger partial charge is 0.341 e. The summed E-state index contributed by atoms with van der Waals surface area (Å²) in [6.07, 6.45) is 2.56. The van der Waals surface area contributed by atoms with Crippen LogP contribution >= 0.6 is 0 Å². The molecule has 0 aromatic rings. The Labute approximate surface area is 113 Å². The molecule has 106 valence electrons. The van der Waals surface area contributed by atoms with E-state index in [1.165, 1.54) is 0 Å². The first kappa shape index (κ1) is 13.1. The van der Waals surface area contributed by atoms with Gasteiger partial charge in [-0.2, -0.15) is 0 Å². The number of hydrogen-bond acceptors (Lipinski definition) is 4. The lowest BCUT2D eigenvalue weighted by Crippen LogP contribution is -2.61. The molecule has 3 rings (SSSR count). The molecule has 6 unspecified atom stereocenters. The molecule has 2 heterocycles. The van der Waals surface area contributed by atoms with Crippen LogP contribution in [0.5, 0.6) is 0 Å². The van der Waals surface area contributed by atoms with Crippen molar-refractivity contribution in [3.05, 3.63) is 0 Å². The average molecular weight is 266 g/mol. The minimum absolute atomic E-state index is 0.00796. The standard InChI is InChI=1S/C15H22O4/c1-9-5-6-13(3)10(2)15(7-8-16)11(17)18-12(19-15)14(9,13)4/h8-10,12H,5-7H2,1-4H3. The van der Waals surface area contributed by atoms with Gasteiger partial charge in [0, 0.05) is 17.8 Å². The van der Waals surface area contributed by atoms with Crippen LogP contribution < -0.4 is 0 Å². The van der Waals surface area contributed by atoms with E-state index in [0.29, 0.717) is 5.92 Å². The highest BCUT2D eigenvalue weighted by molar-refractivity contribution is 5.85. The lowest BCUT2D eigenvalue weighted by molar-refractivity contribution is -0.267. The molecule has 4 heteroatoms. The van der Waals surface area contributed by atoms with Crippen LogP contribution in [0.2, 0.25) is 0 Å². The van der Waals surface area contributed by atoms with Crippen LogP contribution in [0.25, 0.3) is 0 Å². The summed E-state index contributed by atoms with van der Waals surface area (Å²) in [5.41, 5.74) is -1.24. The predicted octanol–water partition coefficient (Wildman–Crippen LogP) is 2.31. The van der Waals surface area contributed by atoms with Crippen molar-refractivity contribution in [3.63, 3.8) is 0 Å². The molecular formula is C15H22O4. The predicted molar refractivity (Wildman–Crippen MR) is 68.2 cm³/mol. The van der Waals surface area contributed by atoms with E-state index in [1.807, 2.05) is 6.92 Å². The van der Waals surface area contributed by atoms with E-state index in [1.54, 1.807) is 0 Å². The third kappa shape index (κ3) is 1.20. The maximum absolute atomic E-state index is 12.3. The summed E-state index contributed by atoms with van der Waals surface area (Å²) in [5, 5.41) is 0. The summed E-state index contributed by atoms with van der Waals surface area (Å²) in [5.74, 6) is 0.0950. The van der Waals surface area contributed by atoms with Crippen molar-refractivity contribution in [2.45, 2.75) is 58.8 Å². The quantitative estimate of drug-likeness (QED) is 0.568. The SMILES string of the molecule is CC1C2(CC=O)OC(OC2=O)C2(C)C(C)CCC12C. The first-order valence-electron chi connectivity index (χ1n) is 7.15. The van der Waals surface area contributed by atoms with Crippen LogP contribution in [0.15, 0.2) is 0 Å². The summed E-state index contributed by atoms with van der Waals surface area (Å²) in [6, 6.07) is 0. The summed E-state index contributed by atoms with van der Waals surface area (Å²) >= 11 is 0. The molecular weight excluding hydrogens is 244 g/mol. The number of ether oxygens (including phenoxy) is 2. The van der Waals surface area contributed by atoms with Gasteiger partial charge < -0.3 is 14.3 Å². The molecule has 3 aliphatic rings. The van der Waals surface area contributed by atoms with Gasteiger partial charge in [-0.3, -0.25) is 0 Å². The molecule has 0 amide bonds. The minimum atomic E-state index is -1.05. The Hall–Kier alpha value is -0.900. The zero-order valence-electron chi connectivity index (χ0n) is 12.1. The van der Waals surface area contributed by atoms with Gasteiger partial charge in [0.25, 0.3) is 0 Å². The Morgan fingerprint density at radius 3 is 2.68 bits per heavy atom. The van der Waals surface area contributed by atoms with E-state index in [2.05, 4.69) is 20.8 Å². The van der Waals surface area contributed by atoms with Gasteiger partial charge in [0.1, 0.15) is 6.29 Å². The Morgan fingerprint density at radius 2 is 2.05 bits per heavy atom. The molecule has 1 saturated carbocycles. The molecule has 6 atom stereocenters. The second-order valence-corrected chi connectivity index (χ2v) is 6.98. The molecule has 19 heavy (non-hydrogen) atoms. The first-order valence-corrected chi connectivity index (χ1v) is 7.15. The zero-order chi connectivity index (χ0) is 14.1. The molecule has 0 radical (unpaired) electrons. The van der Waals surface area contributed by atoms with E-state index >= 15 is 0 Å². The maximum Gasteiger partial charge on any atom is 0.341 e. The Bertz CT molecular complexity index is 447. The number of esters is 1. The second-order valence-electron chi connectivity index (χ2n) is 6.98. The van der Waals surface area contributed by atoms with Gasteiger partial charge in [-0.05, 0) is 24.2 Å². The van der Waals surface area contributed by atoms with E-state index < -0.39 is 11.9 Å². The maximum atomic E-state index is 12.3. The van der Waals surface area contributed by atoms with E-state index in [4.69, 9.17) is 9.47 Å². The Balaban J connectivity index is 2.14. The number of rotatable bonds is 2. The van der Waals surface area contributed by atoms with Gasteiger partial charge in [-0.25, -0.2) is 4.79 Å². The van der Waals surface area contributed by atoms with Crippen molar-refractivity contribution in [1.29, 1.82) is 0 Å². The highest BCUT2D eigenvalue weighted by Crippen LogP contribution is 2.69. The van der Waals surface area contributed by atoms with Crippen molar-refractivity contribution < 1.29 is 19.1 Å². The summed E-state index contributed by atoms with van der Waals surface area (Å²) in [4.78, 5) is 23.3. The van der Waals surface area contributed by atoms with Crippen molar-refractivity contribution in [1.82, 2.24) is 0 Å². The van der Waals surface area contributed by atoms with Gasteiger partial charge in [-0.15, -0.1) is 0 Å². The number of fused-ring (bicyclic) bond motifs is 4. The second kappa shape index (κ2) is 3.60. The summed E-state index contributed by atoms with van der Waals surface area (Å²) in [7, 11) is 0. The largest absolute Gasteiger partial charge is 0.433 e. The van der Waals surface area contributed by atoms with Gasteiger partial charge in [0.05, 0.1) is 0 Å². The van der Waals surface area contributed by atoms with Crippen molar-refractivity contribution in [2.24, 2.45) is 22.7 Å². The molecule has 2 saturated heterocycles. The average Bonchev–Trinajstić information content (AvgIpc) is 2.81. The Kier molecular flexibility index (Phi) is 2.48. The van der Waals surface area contributed by atoms with Crippen molar-refractivity contribution in [2.75, 3.05) is 0 Å². The molecule has 2 aliphatic heterocycles. The lowest BCUT2D eigenvalue weighted by Gasteiger charge is -2.55. The molecule has 0 aromatic carbocycles. The fourth-order valence-corrected chi connectivity index (χ4v) is 4.76. The van der Waals surface area contributed by atoms with Gasteiger partial charge in [-0.1, -0.05) is 27.7 Å². The molecule has 0 N–H and O–H groups in total. The van der Waals surface area contributed by atoms with Crippen LogP contribution in [0.4, 0.5) is 0 Å². The van der Waals surface area contributed by atoms with E-state index in [0.717, 1.165) is 19.1 Å². The third-order valence-corrected chi connectivity index (χ3v) is 6.76. The molecule has 0 spiro atoms. The Morgan fingerprint density at radius 1 is 1.37 bits per heavy atom. The van der Waals surface area contributed by atoms with Gasteiger partial charge in [0.15, 0.2) is 5.60 Å². The van der Waals surface area contributed by atoms with Crippen molar-refractivity contribution in [3.8, 4) is 0 Å². The lowest BCUT2D eigenvalue weighted by atomic mass is 9.54. The van der Waals surface area contributed by atoms with Crippen LogP contribution in [-0.4, -0.2) is 24.1 Å². The third-order valence-electron chi connectivity index (χ3n) is 6.76. The molecule has 2 bridgehead atoms. The number of carbonyl (C=O) groups is 2. The molecule has 0 aromatic heterocycles. The van der Waals surface area contributed by atoms with Gasteiger partial charge in [0.2, 0.25) is 6.29 Å². The summed E-state index contributed by atoms with van der Waals surface area (Å²) < 4.78 is 11.5. The normalized spacial score (nSPS) is 55.8. The van der Waals surface area contributed by atoms with Crippen LogP contribution in [0, 0.1) is 22.7 Å². The highest BCUT2D eigenvalue weighted by Gasteiger charge is 2.74. The molecule has 1 aliphatic carbocycles. The zero-order valence-corrected chi connectivity index (χ0v) is 12.1. The minimum Gasteiger partial charge on any atom is -0.433 e. The number of carbonyl (C=O) groups excluding carboxylic acids is 2. The van der Waals surface area contributed by atoms with E-state index in [9.17, 15) is 9.59 Å². The number of aldehydes is 1. The molecule has 4 nitrogen and oxygen atoms in total. The van der Waals surface area contributed by atoms with Crippen LogP contribution in [0.3, 0.4) is 0 Å². The molecule has 3 fully saturated rings. The fourth-order valence-electron chi connectivity index (χ4n) is 4.76.